The largest absolute Gasteiger partial charge is 0.497 e. The average Bonchev–Trinajstić information content (AvgIpc) is 2.73. The van der Waals surface area contributed by atoms with Crippen LogP contribution in [0.1, 0.15) is 27.5 Å². The van der Waals surface area contributed by atoms with Gasteiger partial charge in [-0.2, -0.15) is 0 Å². The van der Waals surface area contributed by atoms with Crippen LogP contribution in [0.3, 0.4) is 0 Å². The standard InChI is InChI=1S/C23H23NO3/c1-16-4-10-19(11-5-16)24-22(17-6-12-20(26-2)13-7-17)23(25)18-8-14-21(27-3)15-9-18/h4-15,22,24H,1-3H3. The Balaban J connectivity index is 1.93. The maximum atomic E-state index is 13.2. The first kappa shape index (κ1) is 18.5. The lowest BCUT2D eigenvalue weighted by Crippen LogP contribution is -2.21. The van der Waals surface area contributed by atoms with Crippen LogP contribution >= 0.6 is 0 Å². The second-order valence-corrected chi connectivity index (χ2v) is 6.31. The van der Waals surface area contributed by atoms with E-state index in [-0.39, 0.29) is 5.78 Å². The fourth-order valence-electron chi connectivity index (χ4n) is 2.84. The third kappa shape index (κ3) is 4.47. The van der Waals surface area contributed by atoms with Crippen molar-refractivity contribution in [1.82, 2.24) is 0 Å². The van der Waals surface area contributed by atoms with Crippen LogP contribution in [-0.4, -0.2) is 20.0 Å². The number of ether oxygens (including phenoxy) is 2. The molecule has 0 aliphatic rings. The van der Waals surface area contributed by atoms with Crippen LogP contribution in [0.5, 0.6) is 11.5 Å². The summed E-state index contributed by atoms with van der Waals surface area (Å²) in [6.45, 7) is 2.03. The van der Waals surface area contributed by atoms with E-state index in [9.17, 15) is 4.79 Å². The predicted octanol–water partition coefficient (Wildman–Crippen LogP) is 5.05. The van der Waals surface area contributed by atoms with Crippen LogP contribution < -0.4 is 14.8 Å². The molecule has 3 rings (SSSR count). The topological polar surface area (TPSA) is 47.6 Å². The first-order chi connectivity index (χ1) is 13.1. The molecule has 3 aromatic rings. The molecule has 1 N–H and O–H groups in total. The highest BCUT2D eigenvalue weighted by Crippen LogP contribution is 2.26. The van der Waals surface area contributed by atoms with E-state index in [2.05, 4.69) is 5.32 Å². The number of benzene rings is 3. The van der Waals surface area contributed by atoms with Crippen molar-refractivity contribution in [3.05, 3.63) is 89.5 Å². The first-order valence-electron chi connectivity index (χ1n) is 8.76. The summed E-state index contributed by atoms with van der Waals surface area (Å²) in [6.07, 6.45) is 0. The molecule has 3 aromatic carbocycles. The molecule has 0 radical (unpaired) electrons. The zero-order valence-electron chi connectivity index (χ0n) is 15.7. The van der Waals surface area contributed by atoms with Gasteiger partial charge in [-0.1, -0.05) is 29.8 Å². The van der Waals surface area contributed by atoms with Crippen molar-refractivity contribution in [2.24, 2.45) is 0 Å². The van der Waals surface area contributed by atoms with Gasteiger partial charge in [0.2, 0.25) is 0 Å². The number of nitrogens with one attached hydrogen (secondary N) is 1. The van der Waals surface area contributed by atoms with E-state index in [0.717, 1.165) is 22.7 Å². The number of hydrogen-bond acceptors (Lipinski definition) is 4. The summed E-state index contributed by atoms with van der Waals surface area (Å²) in [5, 5.41) is 3.37. The molecule has 0 bridgehead atoms. The monoisotopic (exact) mass is 361 g/mol. The highest BCUT2D eigenvalue weighted by molar-refractivity contribution is 6.02. The minimum atomic E-state index is -0.507. The molecule has 4 nitrogen and oxygen atoms in total. The molecule has 0 saturated carbocycles. The number of hydrogen-bond donors (Lipinski definition) is 1. The Bertz CT molecular complexity index is 884. The van der Waals surface area contributed by atoms with Gasteiger partial charge in [0.15, 0.2) is 5.78 Å². The van der Waals surface area contributed by atoms with Crippen LogP contribution in [0, 0.1) is 6.92 Å². The lowest BCUT2D eigenvalue weighted by molar-refractivity contribution is 0.0969. The molecule has 0 saturated heterocycles. The first-order valence-corrected chi connectivity index (χ1v) is 8.76. The molecule has 0 aliphatic heterocycles. The molecule has 1 unspecified atom stereocenters. The number of aryl methyl sites for hydroxylation is 1. The van der Waals surface area contributed by atoms with Gasteiger partial charge in [0.05, 0.1) is 14.2 Å². The van der Waals surface area contributed by atoms with Crippen molar-refractivity contribution in [3.63, 3.8) is 0 Å². The zero-order valence-corrected chi connectivity index (χ0v) is 15.7. The maximum Gasteiger partial charge on any atom is 0.189 e. The summed E-state index contributed by atoms with van der Waals surface area (Å²) in [5.74, 6) is 1.46. The van der Waals surface area contributed by atoms with Crippen LogP contribution in [-0.2, 0) is 0 Å². The second kappa shape index (κ2) is 8.41. The third-order valence-corrected chi connectivity index (χ3v) is 4.45. The predicted molar refractivity (Wildman–Crippen MR) is 108 cm³/mol. The molecule has 0 spiro atoms. The Kier molecular flexibility index (Phi) is 5.77. The molecule has 1 atom stereocenters. The van der Waals surface area contributed by atoms with Gasteiger partial charge in [-0.3, -0.25) is 4.79 Å². The lowest BCUT2D eigenvalue weighted by atomic mass is 9.96. The van der Waals surface area contributed by atoms with Gasteiger partial charge in [0.25, 0.3) is 0 Å². The Labute approximate surface area is 159 Å². The fourth-order valence-corrected chi connectivity index (χ4v) is 2.84. The quantitative estimate of drug-likeness (QED) is 0.598. The molecule has 0 heterocycles. The van der Waals surface area contributed by atoms with Crippen molar-refractivity contribution in [2.75, 3.05) is 19.5 Å². The number of Topliss-reactive ketones (excluding diaryl/α,β-unsaturated/α-hetero) is 1. The number of carbonyl (C=O) groups excluding carboxylic acids is 1. The molecule has 0 fully saturated rings. The van der Waals surface area contributed by atoms with Crippen molar-refractivity contribution >= 4 is 11.5 Å². The Morgan fingerprint density at radius 3 is 1.81 bits per heavy atom. The van der Waals surface area contributed by atoms with Crippen LogP contribution in [0.25, 0.3) is 0 Å². The van der Waals surface area contributed by atoms with Gasteiger partial charge in [-0.05, 0) is 61.0 Å². The summed E-state index contributed by atoms with van der Waals surface area (Å²) in [6, 6.07) is 22.2. The summed E-state index contributed by atoms with van der Waals surface area (Å²) in [4.78, 5) is 13.2. The van der Waals surface area contributed by atoms with E-state index in [1.807, 2.05) is 55.5 Å². The highest BCUT2D eigenvalue weighted by Gasteiger charge is 2.22. The molecular formula is C23H23NO3. The minimum Gasteiger partial charge on any atom is -0.497 e. The number of methoxy groups -OCH3 is 2. The van der Waals surface area contributed by atoms with E-state index < -0.39 is 6.04 Å². The van der Waals surface area contributed by atoms with Crippen LogP contribution in [0.4, 0.5) is 5.69 Å². The van der Waals surface area contributed by atoms with E-state index >= 15 is 0 Å². The van der Waals surface area contributed by atoms with Gasteiger partial charge in [-0.15, -0.1) is 0 Å². The summed E-state index contributed by atoms with van der Waals surface area (Å²) < 4.78 is 10.4. The van der Waals surface area contributed by atoms with E-state index in [4.69, 9.17) is 9.47 Å². The van der Waals surface area contributed by atoms with Crippen LogP contribution in [0.2, 0.25) is 0 Å². The van der Waals surface area contributed by atoms with Gasteiger partial charge in [-0.25, -0.2) is 0 Å². The van der Waals surface area contributed by atoms with Gasteiger partial charge < -0.3 is 14.8 Å². The Morgan fingerprint density at radius 2 is 1.30 bits per heavy atom. The van der Waals surface area contributed by atoms with Gasteiger partial charge >= 0.3 is 0 Å². The second-order valence-electron chi connectivity index (χ2n) is 6.31. The van der Waals surface area contributed by atoms with E-state index in [1.54, 1.807) is 38.5 Å². The van der Waals surface area contributed by atoms with E-state index in [0.29, 0.717) is 5.56 Å². The normalized spacial score (nSPS) is 11.5. The van der Waals surface area contributed by atoms with E-state index in [1.165, 1.54) is 5.56 Å². The lowest BCUT2D eigenvalue weighted by Gasteiger charge is -2.20. The molecule has 0 aromatic heterocycles. The number of carbonyl (C=O) groups is 1. The SMILES string of the molecule is COc1ccc(C(=O)C(Nc2ccc(C)cc2)c2ccc(OC)cc2)cc1. The number of ketones is 1. The highest BCUT2D eigenvalue weighted by atomic mass is 16.5. The molecule has 0 aliphatic carbocycles. The number of anilines is 1. The van der Waals surface area contributed by atoms with Gasteiger partial charge in [0.1, 0.15) is 17.5 Å². The maximum absolute atomic E-state index is 13.2. The molecule has 27 heavy (non-hydrogen) atoms. The van der Waals surface area contributed by atoms with Crippen molar-refractivity contribution < 1.29 is 14.3 Å². The molecular weight excluding hydrogens is 338 g/mol. The Hall–Kier alpha value is -3.27. The number of rotatable bonds is 7. The third-order valence-electron chi connectivity index (χ3n) is 4.45. The summed E-state index contributed by atoms with van der Waals surface area (Å²) in [5.41, 5.74) is 3.56. The fraction of sp³-hybridized carbons (Fsp3) is 0.174. The van der Waals surface area contributed by atoms with Crippen molar-refractivity contribution in [2.45, 2.75) is 13.0 Å². The average molecular weight is 361 g/mol. The smallest absolute Gasteiger partial charge is 0.189 e. The van der Waals surface area contributed by atoms with Gasteiger partial charge in [0, 0.05) is 11.3 Å². The zero-order chi connectivity index (χ0) is 19.2. The Morgan fingerprint density at radius 1 is 0.778 bits per heavy atom. The van der Waals surface area contributed by atoms with Crippen LogP contribution in [0.15, 0.2) is 72.8 Å². The molecule has 0 amide bonds. The van der Waals surface area contributed by atoms with Crippen molar-refractivity contribution in [3.8, 4) is 11.5 Å². The minimum absolute atomic E-state index is 0.0107. The summed E-state index contributed by atoms with van der Waals surface area (Å²) >= 11 is 0. The summed E-state index contributed by atoms with van der Waals surface area (Å²) in [7, 11) is 3.23. The van der Waals surface area contributed by atoms with Crippen molar-refractivity contribution in [1.29, 1.82) is 0 Å². The molecule has 4 heteroatoms. The molecule has 138 valence electrons.